The lowest BCUT2D eigenvalue weighted by atomic mass is 9.83. The molecule has 2 aromatic carbocycles. The summed E-state index contributed by atoms with van der Waals surface area (Å²) in [4.78, 5) is 0. The lowest BCUT2D eigenvalue weighted by Crippen LogP contribution is -2.55. The zero-order valence-corrected chi connectivity index (χ0v) is 17.7. The highest BCUT2D eigenvalue weighted by atomic mass is 16.5. The summed E-state index contributed by atoms with van der Waals surface area (Å²) in [5.41, 5.74) is 8.48. The van der Waals surface area contributed by atoms with Crippen molar-refractivity contribution in [3.8, 4) is 0 Å². The summed E-state index contributed by atoms with van der Waals surface area (Å²) in [6.45, 7) is 3.76. The van der Waals surface area contributed by atoms with Crippen molar-refractivity contribution >= 4 is 0 Å². The van der Waals surface area contributed by atoms with Crippen molar-refractivity contribution in [2.75, 3.05) is 6.61 Å². The van der Waals surface area contributed by atoms with Gasteiger partial charge in [0, 0.05) is 0 Å². The van der Waals surface area contributed by atoms with Gasteiger partial charge >= 0.3 is 0 Å². The molecule has 0 bridgehead atoms. The van der Waals surface area contributed by atoms with E-state index in [1.54, 1.807) is 0 Å². The fourth-order valence-electron chi connectivity index (χ4n) is 5.08. The zero-order valence-electron chi connectivity index (χ0n) is 17.7. The van der Waals surface area contributed by atoms with Gasteiger partial charge in [-0.1, -0.05) is 42.8 Å². The number of fused-ring (bicyclic) bond motifs is 1. The molecule has 162 valence electrons. The van der Waals surface area contributed by atoms with E-state index in [9.17, 15) is 20.4 Å². The molecule has 5 heteroatoms. The normalized spacial score (nSPS) is 28.5. The van der Waals surface area contributed by atoms with Crippen LogP contribution in [0, 0.1) is 6.92 Å². The van der Waals surface area contributed by atoms with Crippen LogP contribution in [0.4, 0.5) is 0 Å². The van der Waals surface area contributed by atoms with Gasteiger partial charge in [-0.2, -0.15) is 0 Å². The van der Waals surface area contributed by atoms with Gasteiger partial charge in [-0.05, 0) is 72.4 Å². The minimum atomic E-state index is -1.36. The van der Waals surface area contributed by atoms with Crippen LogP contribution in [-0.4, -0.2) is 51.4 Å². The second kappa shape index (κ2) is 8.77. The monoisotopic (exact) mass is 412 g/mol. The molecular weight excluding hydrogens is 380 g/mol. The fourth-order valence-corrected chi connectivity index (χ4v) is 5.08. The van der Waals surface area contributed by atoms with E-state index in [0.717, 1.165) is 37.7 Å². The molecule has 1 fully saturated rings. The topological polar surface area (TPSA) is 90.2 Å². The van der Waals surface area contributed by atoms with E-state index in [-0.39, 0.29) is 0 Å². The molecule has 1 saturated heterocycles. The van der Waals surface area contributed by atoms with Gasteiger partial charge < -0.3 is 25.2 Å². The van der Waals surface area contributed by atoms with Gasteiger partial charge in [0.15, 0.2) is 0 Å². The van der Waals surface area contributed by atoms with E-state index in [0.29, 0.717) is 0 Å². The molecule has 30 heavy (non-hydrogen) atoms. The molecule has 0 amide bonds. The summed E-state index contributed by atoms with van der Waals surface area (Å²) >= 11 is 0. The number of aliphatic hydroxyl groups is 4. The minimum absolute atomic E-state index is 0.413. The first kappa shape index (κ1) is 21.5. The number of benzene rings is 2. The third kappa shape index (κ3) is 3.81. The summed E-state index contributed by atoms with van der Waals surface area (Å²) < 4.78 is 5.93. The Morgan fingerprint density at radius 3 is 2.33 bits per heavy atom. The molecule has 0 radical (unpaired) electrons. The lowest BCUT2D eigenvalue weighted by Gasteiger charge is -2.41. The highest BCUT2D eigenvalue weighted by Gasteiger charge is 2.45. The summed E-state index contributed by atoms with van der Waals surface area (Å²) in [6, 6.07) is 10.7. The van der Waals surface area contributed by atoms with Crippen LogP contribution in [-0.2, 0) is 30.4 Å². The predicted molar refractivity (Wildman–Crippen MR) is 115 cm³/mol. The highest BCUT2D eigenvalue weighted by Crippen LogP contribution is 2.40. The molecule has 0 saturated carbocycles. The number of aliphatic hydroxyl groups excluding tert-OH is 4. The van der Waals surface area contributed by atoms with Gasteiger partial charge in [0.25, 0.3) is 0 Å². The van der Waals surface area contributed by atoms with Crippen molar-refractivity contribution in [2.24, 2.45) is 0 Å². The first-order chi connectivity index (χ1) is 14.4. The molecule has 1 aliphatic carbocycles. The quantitative estimate of drug-likeness (QED) is 0.604. The SMILES string of the molecule is CCc1c([C@@H]2O[C@H](CO)[C@@H](O)[C@H](O)[C@H]2O)cc(Cc2ccc(C)cc2)c2c1CCC2. The minimum Gasteiger partial charge on any atom is -0.394 e. The van der Waals surface area contributed by atoms with Gasteiger partial charge in [-0.15, -0.1) is 0 Å². The van der Waals surface area contributed by atoms with Crippen LogP contribution in [0.2, 0.25) is 0 Å². The summed E-state index contributed by atoms with van der Waals surface area (Å²) in [6.07, 6.45) is -0.851. The Bertz CT molecular complexity index is 889. The zero-order chi connectivity index (χ0) is 21.4. The van der Waals surface area contributed by atoms with Crippen molar-refractivity contribution < 1.29 is 25.2 Å². The average molecular weight is 413 g/mol. The van der Waals surface area contributed by atoms with E-state index in [2.05, 4.69) is 44.2 Å². The summed E-state index contributed by atoms with van der Waals surface area (Å²) in [5.74, 6) is 0. The maximum Gasteiger partial charge on any atom is 0.113 e. The molecule has 0 aromatic heterocycles. The molecule has 1 aliphatic heterocycles. The van der Waals surface area contributed by atoms with Crippen LogP contribution in [0.1, 0.15) is 58.4 Å². The third-order valence-corrected chi connectivity index (χ3v) is 6.72. The lowest BCUT2D eigenvalue weighted by molar-refractivity contribution is -0.231. The van der Waals surface area contributed by atoms with Gasteiger partial charge in [0.05, 0.1) is 6.61 Å². The van der Waals surface area contributed by atoms with Gasteiger partial charge in [-0.3, -0.25) is 0 Å². The van der Waals surface area contributed by atoms with Gasteiger partial charge in [0.1, 0.15) is 30.5 Å². The summed E-state index contributed by atoms with van der Waals surface area (Å²) in [5, 5.41) is 40.8. The van der Waals surface area contributed by atoms with Crippen LogP contribution >= 0.6 is 0 Å². The Balaban J connectivity index is 1.78. The number of hydrogen-bond acceptors (Lipinski definition) is 5. The van der Waals surface area contributed by atoms with Crippen LogP contribution in [0.3, 0.4) is 0 Å². The van der Waals surface area contributed by atoms with Crippen LogP contribution < -0.4 is 0 Å². The molecule has 2 aliphatic rings. The molecule has 1 heterocycles. The van der Waals surface area contributed by atoms with Crippen LogP contribution in [0.25, 0.3) is 0 Å². The van der Waals surface area contributed by atoms with Crippen molar-refractivity contribution in [3.05, 3.63) is 69.3 Å². The Morgan fingerprint density at radius 2 is 1.67 bits per heavy atom. The average Bonchev–Trinajstić information content (AvgIpc) is 3.24. The third-order valence-electron chi connectivity index (χ3n) is 6.72. The Labute approximate surface area is 178 Å². The molecular formula is C25H32O5. The second-order valence-corrected chi connectivity index (χ2v) is 8.68. The number of aryl methyl sites for hydroxylation is 1. The maximum absolute atomic E-state index is 10.7. The maximum atomic E-state index is 10.7. The Hall–Kier alpha value is -1.76. The van der Waals surface area contributed by atoms with E-state index >= 15 is 0 Å². The second-order valence-electron chi connectivity index (χ2n) is 8.68. The fraction of sp³-hybridized carbons (Fsp3) is 0.520. The first-order valence-corrected chi connectivity index (χ1v) is 11.0. The Kier molecular flexibility index (Phi) is 6.28. The molecule has 5 atom stereocenters. The number of ether oxygens (including phenoxy) is 1. The van der Waals surface area contributed by atoms with Crippen LogP contribution in [0.15, 0.2) is 30.3 Å². The molecule has 4 N–H and O–H groups in total. The van der Waals surface area contributed by atoms with Gasteiger partial charge in [0.2, 0.25) is 0 Å². The van der Waals surface area contributed by atoms with E-state index in [4.69, 9.17) is 4.74 Å². The molecule has 0 spiro atoms. The Morgan fingerprint density at radius 1 is 0.967 bits per heavy atom. The van der Waals surface area contributed by atoms with E-state index in [1.807, 2.05) is 0 Å². The standard InChI is InChI=1S/C25H32O5/c1-3-17-19-6-4-5-18(19)16(11-15-9-7-14(2)8-10-15)12-20(17)25-24(29)23(28)22(27)21(13-26)30-25/h7-10,12,21-29H,3-6,11,13H2,1-2H3/t21-,22-,23+,24-,25+/m1/s1. The number of rotatable bonds is 5. The molecule has 5 nitrogen and oxygen atoms in total. The largest absolute Gasteiger partial charge is 0.394 e. The smallest absolute Gasteiger partial charge is 0.113 e. The van der Waals surface area contributed by atoms with Crippen molar-refractivity contribution in [1.29, 1.82) is 0 Å². The summed E-state index contributed by atoms with van der Waals surface area (Å²) in [7, 11) is 0. The van der Waals surface area contributed by atoms with Crippen molar-refractivity contribution in [2.45, 2.75) is 76.5 Å². The highest BCUT2D eigenvalue weighted by molar-refractivity contribution is 5.51. The number of hydrogen-bond donors (Lipinski definition) is 4. The molecule has 0 unspecified atom stereocenters. The van der Waals surface area contributed by atoms with E-state index < -0.39 is 37.1 Å². The van der Waals surface area contributed by atoms with Gasteiger partial charge in [-0.25, -0.2) is 0 Å². The first-order valence-electron chi connectivity index (χ1n) is 11.0. The van der Waals surface area contributed by atoms with Crippen molar-refractivity contribution in [3.63, 3.8) is 0 Å². The van der Waals surface area contributed by atoms with E-state index in [1.165, 1.54) is 33.4 Å². The van der Waals surface area contributed by atoms with Crippen LogP contribution in [0.5, 0.6) is 0 Å². The van der Waals surface area contributed by atoms with Crippen molar-refractivity contribution in [1.82, 2.24) is 0 Å². The molecule has 4 rings (SSSR count). The predicted octanol–water partition coefficient (Wildman–Crippen LogP) is 2.15. The molecule has 2 aromatic rings.